The number of carbonyl (C=O) groups excluding carboxylic acids is 1. The third-order valence-electron chi connectivity index (χ3n) is 2.96. The van der Waals surface area contributed by atoms with Crippen molar-refractivity contribution < 1.29 is 14.7 Å². The van der Waals surface area contributed by atoms with E-state index in [-0.39, 0.29) is 12.3 Å². The molecule has 4 heteroatoms. The molecule has 0 fully saturated rings. The second kappa shape index (κ2) is 7.48. The Bertz CT molecular complexity index is 489. The van der Waals surface area contributed by atoms with Gasteiger partial charge in [-0.3, -0.25) is 9.59 Å². The first kappa shape index (κ1) is 16.0. The number of hydrogen-bond donors (Lipinski definition) is 2. The highest BCUT2D eigenvalue weighted by Gasteiger charge is 2.12. The van der Waals surface area contributed by atoms with E-state index in [1.165, 1.54) is 12.5 Å². The van der Waals surface area contributed by atoms with Crippen molar-refractivity contribution in [1.29, 1.82) is 0 Å². The number of benzene rings is 1. The van der Waals surface area contributed by atoms with Gasteiger partial charge in [0.05, 0.1) is 0 Å². The minimum atomic E-state index is -1.04. The maximum atomic E-state index is 11.5. The molecule has 0 aromatic heterocycles. The predicted octanol–water partition coefficient (Wildman–Crippen LogP) is 2.80. The third-order valence-corrected chi connectivity index (χ3v) is 2.96. The standard InChI is InChI=1S/C16H21NO3/c1-11(2)14-9-7-13(8-10-14)5-4-6-15(18)17-12(3)16(19)20/h4-5,7-12H,6H2,1-3H3,(H,17,18)(H,19,20)/b5-4+/t12-/m1/s1. The number of hydrogen-bond acceptors (Lipinski definition) is 2. The highest BCUT2D eigenvalue weighted by atomic mass is 16.4. The Hall–Kier alpha value is -2.10. The molecule has 0 aliphatic carbocycles. The molecule has 20 heavy (non-hydrogen) atoms. The number of amides is 1. The van der Waals surface area contributed by atoms with Gasteiger partial charge in [0.1, 0.15) is 6.04 Å². The van der Waals surface area contributed by atoms with Crippen LogP contribution in [0, 0.1) is 0 Å². The van der Waals surface area contributed by atoms with Crippen LogP contribution in [0.2, 0.25) is 0 Å². The van der Waals surface area contributed by atoms with E-state index in [1.54, 1.807) is 6.08 Å². The quantitative estimate of drug-likeness (QED) is 0.839. The monoisotopic (exact) mass is 275 g/mol. The topological polar surface area (TPSA) is 66.4 Å². The molecule has 0 aliphatic heterocycles. The van der Waals surface area contributed by atoms with Gasteiger partial charge < -0.3 is 10.4 Å². The van der Waals surface area contributed by atoms with E-state index in [2.05, 4.69) is 31.3 Å². The van der Waals surface area contributed by atoms with E-state index in [1.807, 2.05) is 18.2 Å². The zero-order chi connectivity index (χ0) is 15.1. The summed E-state index contributed by atoms with van der Waals surface area (Å²) >= 11 is 0. The van der Waals surface area contributed by atoms with Crippen LogP contribution in [0.15, 0.2) is 30.3 Å². The number of rotatable bonds is 6. The molecule has 4 nitrogen and oxygen atoms in total. The predicted molar refractivity (Wildman–Crippen MR) is 79.4 cm³/mol. The Kier molecular flexibility index (Phi) is 5.97. The van der Waals surface area contributed by atoms with E-state index < -0.39 is 12.0 Å². The molecule has 1 aromatic carbocycles. The van der Waals surface area contributed by atoms with E-state index >= 15 is 0 Å². The molecule has 2 N–H and O–H groups in total. The summed E-state index contributed by atoms with van der Waals surface area (Å²) in [6.07, 6.45) is 3.76. The molecule has 0 bridgehead atoms. The van der Waals surface area contributed by atoms with Crippen molar-refractivity contribution in [2.75, 3.05) is 0 Å². The zero-order valence-electron chi connectivity index (χ0n) is 12.1. The molecule has 0 saturated carbocycles. The van der Waals surface area contributed by atoms with Crippen molar-refractivity contribution in [3.8, 4) is 0 Å². The fourth-order valence-electron chi connectivity index (χ4n) is 1.66. The average Bonchev–Trinajstić information content (AvgIpc) is 2.39. The van der Waals surface area contributed by atoms with E-state index in [4.69, 9.17) is 5.11 Å². The smallest absolute Gasteiger partial charge is 0.325 e. The highest BCUT2D eigenvalue weighted by molar-refractivity contribution is 5.84. The van der Waals surface area contributed by atoms with Gasteiger partial charge in [-0.1, -0.05) is 50.3 Å². The van der Waals surface area contributed by atoms with Crippen molar-refractivity contribution in [1.82, 2.24) is 5.32 Å². The molecule has 108 valence electrons. The molecular weight excluding hydrogens is 254 g/mol. The van der Waals surface area contributed by atoms with Gasteiger partial charge in [-0.2, -0.15) is 0 Å². The lowest BCUT2D eigenvalue weighted by atomic mass is 10.0. The van der Waals surface area contributed by atoms with Crippen molar-refractivity contribution in [3.05, 3.63) is 41.5 Å². The van der Waals surface area contributed by atoms with Crippen LogP contribution in [0.4, 0.5) is 0 Å². The lowest BCUT2D eigenvalue weighted by Gasteiger charge is -2.07. The molecule has 1 amide bonds. The van der Waals surface area contributed by atoms with Crippen molar-refractivity contribution in [2.24, 2.45) is 0 Å². The number of carboxylic acid groups (broad SMARTS) is 1. The van der Waals surface area contributed by atoms with Gasteiger partial charge in [0.2, 0.25) is 5.91 Å². The lowest BCUT2D eigenvalue weighted by molar-refractivity contribution is -0.141. The average molecular weight is 275 g/mol. The summed E-state index contributed by atoms with van der Waals surface area (Å²) in [4.78, 5) is 22.1. The summed E-state index contributed by atoms with van der Waals surface area (Å²) in [6, 6.07) is 7.28. The van der Waals surface area contributed by atoms with Crippen molar-refractivity contribution in [2.45, 2.75) is 39.2 Å². The fraction of sp³-hybridized carbons (Fsp3) is 0.375. The number of carboxylic acids is 1. The van der Waals surface area contributed by atoms with Crippen LogP contribution in [0.1, 0.15) is 44.2 Å². The molecule has 0 radical (unpaired) electrons. The maximum absolute atomic E-state index is 11.5. The van der Waals surface area contributed by atoms with Gasteiger partial charge in [0.25, 0.3) is 0 Å². The molecule has 1 aromatic rings. The molecule has 1 rings (SSSR count). The molecule has 0 aliphatic rings. The maximum Gasteiger partial charge on any atom is 0.325 e. The summed E-state index contributed by atoms with van der Waals surface area (Å²) < 4.78 is 0. The Labute approximate surface area is 119 Å². The molecule has 0 heterocycles. The SMILES string of the molecule is CC(C)c1ccc(/C=C/CC(=O)N[C@H](C)C(=O)O)cc1. The summed E-state index contributed by atoms with van der Waals surface area (Å²) in [5.74, 6) is -0.835. The molecule has 0 spiro atoms. The first-order chi connectivity index (χ1) is 9.40. The van der Waals surface area contributed by atoms with Gasteiger partial charge in [0, 0.05) is 6.42 Å². The number of aliphatic carboxylic acids is 1. The van der Waals surface area contributed by atoms with Crippen molar-refractivity contribution >= 4 is 18.0 Å². The summed E-state index contributed by atoms with van der Waals surface area (Å²) in [6.45, 7) is 5.71. The van der Waals surface area contributed by atoms with Crippen LogP contribution in [0.25, 0.3) is 6.08 Å². The summed E-state index contributed by atoms with van der Waals surface area (Å²) in [5, 5.41) is 11.1. The summed E-state index contributed by atoms with van der Waals surface area (Å²) in [5.41, 5.74) is 2.30. The van der Waals surface area contributed by atoms with E-state index in [0.29, 0.717) is 5.92 Å². The van der Waals surface area contributed by atoms with Gasteiger partial charge in [0.15, 0.2) is 0 Å². The largest absolute Gasteiger partial charge is 0.480 e. The second-order valence-electron chi connectivity index (χ2n) is 5.06. The third kappa shape index (κ3) is 5.26. The first-order valence-electron chi connectivity index (χ1n) is 6.69. The van der Waals surface area contributed by atoms with Crippen LogP contribution in [-0.4, -0.2) is 23.0 Å². The molecule has 0 saturated heterocycles. The Morgan fingerprint density at radius 2 is 1.80 bits per heavy atom. The van der Waals surface area contributed by atoms with Crippen LogP contribution in [0.3, 0.4) is 0 Å². The van der Waals surface area contributed by atoms with Gasteiger partial charge >= 0.3 is 5.97 Å². The molecule has 0 unspecified atom stereocenters. The Morgan fingerprint density at radius 1 is 1.20 bits per heavy atom. The second-order valence-corrected chi connectivity index (χ2v) is 5.06. The van der Waals surface area contributed by atoms with E-state index in [0.717, 1.165) is 5.56 Å². The number of carbonyl (C=O) groups is 2. The zero-order valence-corrected chi connectivity index (χ0v) is 12.1. The number of nitrogens with one attached hydrogen (secondary N) is 1. The summed E-state index contributed by atoms with van der Waals surface area (Å²) in [7, 11) is 0. The van der Waals surface area contributed by atoms with E-state index in [9.17, 15) is 9.59 Å². The fourth-order valence-corrected chi connectivity index (χ4v) is 1.66. The highest BCUT2D eigenvalue weighted by Crippen LogP contribution is 2.15. The Balaban J connectivity index is 2.48. The van der Waals surface area contributed by atoms with Crippen LogP contribution >= 0.6 is 0 Å². The van der Waals surface area contributed by atoms with Gasteiger partial charge in [-0.25, -0.2) is 0 Å². The molecular formula is C16H21NO3. The normalized spacial score (nSPS) is 12.6. The van der Waals surface area contributed by atoms with Gasteiger partial charge in [-0.15, -0.1) is 0 Å². The lowest BCUT2D eigenvalue weighted by Crippen LogP contribution is -2.37. The molecule has 1 atom stereocenters. The first-order valence-corrected chi connectivity index (χ1v) is 6.69. The Morgan fingerprint density at radius 3 is 2.30 bits per heavy atom. The van der Waals surface area contributed by atoms with Gasteiger partial charge in [-0.05, 0) is 24.0 Å². The van der Waals surface area contributed by atoms with Crippen LogP contribution in [-0.2, 0) is 9.59 Å². The minimum Gasteiger partial charge on any atom is -0.480 e. The van der Waals surface area contributed by atoms with Crippen molar-refractivity contribution in [3.63, 3.8) is 0 Å². The van der Waals surface area contributed by atoms with Crippen LogP contribution in [0.5, 0.6) is 0 Å². The minimum absolute atomic E-state index is 0.170. The van der Waals surface area contributed by atoms with Crippen LogP contribution < -0.4 is 5.32 Å².